The van der Waals surface area contributed by atoms with Gasteiger partial charge in [-0.15, -0.1) is 11.3 Å². The van der Waals surface area contributed by atoms with Crippen molar-refractivity contribution in [3.8, 4) is 0 Å². The van der Waals surface area contributed by atoms with Crippen molar-refractivity contribution in [1.82, 2.24) is 5.32 Å². The maximum Gasteiger partial charge on any atom is 0.225 e. The summed E-state index contributed by atoms with van der Waals surface area (Å²) in [7, 11) is 0. The first-order valence-corrected chi connectivity index (χ1v) is 6.73. The summed E-state index contributed by atoms with van der Waals surface area (Å²) >= 11 is 1.60. The molecule has 2 aromatic rings. The lowest BCUT2D eigenvalue weighted by molar-refractivity contribution is -0.120. The molecule has 0 aliphatic carbocycles. The van der Waals surface area contributed by atoms with Gasteiger partial charge in [0.25, 0.3) is 0 Å². The van der Waals surface area contributed by atoms with E-state index in [0.717, 1.165) is 16.0 Å². The van der Waals surface area contributed by atoms with Crippen LogP contribution >= 0.6 is 11.3 Å². The number of nitrogens with one attached hydrogen (secondary N) is 1. The Kier molecular flexibility index (Phi) is 4.50. The smallest absolute Gasteiger partial charge is 0.225 e. The number of carbonyl (C=O) groups excluding carboxylic acids is 1. The number of rotatable bonds is 5. The van der Waals surface area contributed by atoms with Crippen LogP contribution in [0.15, 0.2) is 41.8 Å². The van der Waals surface area contributed by atoms with Crippen LogP contribution in [0.25, 0.3) is 0 Å². The van der Waals surface area contributed by atoms with E-state index in [9.17, 15) is 4.79 Å². The summed E-state index contributed by atoms with van der Waals surface area (Å²) < 4.78 is 0. The van der Waals surface area contributed by atoms with Gasteiger partial charge in [-0.3, -0.25) is 4.79 Å². The number of hydrogen-bond acceptors (Lipinski definition) is 3. The lowest BCUT2D eigenvalue weighted by atomic mass is 10.1. The molecule has 0 bridgehead atoms. The highest BCUT2D eigenvalue weighted by Gasteiger charge is 2.05. The van der Waals surface area contributed by atoms with Crippen LogP contribution in [0.1, 0.15) is 16.0 Å². The third-order valence-corrected chi connectivity index (χ3v) is 3.61. The van der Waals surface area contributed by atoms with E-state index >= 15 is 0 Å². The van der Waals surface area contributed by atoms with Crippen LogP contribution in [-0.2, 0) is 24.3 Å². The van der Waals surface area contributed by atoms with Gasteiger partial charge >= 0.3 is 0 Å². The first-order valence-electron chi connectivity index (χ1n) is 5.85. The van der Waals surface area contributed by atoms with Gasteiger partial charge in [-0.1, -0.05) is 30.3 Å². The van der Waals surface area contributed by atoms with Crippen LogP contribution in [0.5, 0.6) is 0 Å². The molecule has 0 aliphatic rings. The SMILES string of the molecule is NCc1ccccc1CNC(=O)Cc1cccs1. The lowest BCUT2D eigenvalue weighted by Gasteiger charge is -2.08. The zero-order valence-corrected chi connectivity index (χ0v) is 10.9. The van der Waals surface area contributed by atoms with Crippen molar-refractivity contribution in [3.05, 3.63) is 57.8 Å². The summed E-state index contributed by atoms with van der Waals surface area (Å²) in [6.45, 7) is 1.04. The molecule has 1 aromatic heterocycles. The molecule has 1 amide bonds. The Morgan fingerprint density at radius 2 is 1.94 bits per heavy atom. The molecule has 94 valence electrons. The number of hydrogen-bond donors (Lipinski definition) is 2. The minimum Gasteiger partial charge on any atom is -0.352 e. The van der Waals surface area contributed by atoms with Gasteiger partial charge in [0.15, 0.2) is 0 Å². The van der Waals surface area contributed by atoms with Gasteiger partial charge in [0, 0.05) is 18.0 Å². The quantitative estimate of drug-likeness (QED) is 0.864. The van der Waals surface area contributed by atoms with E-state index in [1.807, 2.05) is 41.8 Å². The Labute approximate surface area is 111 Å². The Morgan fingerprint density at radius 1 is 1.17 bits per heavy atom. The van der Waals surface area contributed by atoms with Crippen molar-refractivity contribution in [1.29, 1.82) is 0 Å². The Morgan fingerprint density at radius 3 is 2.61 bits per heavy atom. The fourth-order valence-corrected chi connectivity index (χ4v) is 2.46. The fourth-order valence-electron chi connectivity index (χ4n) is 1.76. The predicted molar refractivity (Wildman–Crippen MR) is 74.2 cm³/mol. The standard InChI is InChI=1S/C14H16N2OS/c15-9-11-4-1-2-5-12(11)10-16-14(17)8-13-6-3-7-18-13/h1-7H,8-10,15H2,(H,16,17). The first kappa shape index (κ1) is 12.8. The topological polar surface area (TPSA) is 55.1 Å². The van der Waals surface area contributed by atoms with Crippen molar-refractivity contribution < 1.29 is 4.79 Å². The molecule has 1 aromatic carbocycles. The van der Waals surface area contributed by atoms with Gasteiger partial charge in [0.05, 0.1) is 6.42 Å². The van der Waals surface area contributed by atoms with Gasteiger partial charge < -0.3 is 11.1 Å². The second-order valence-corrected chi connectivity index (χ2v) is 5.04. The van der Waals surface area contributed by atoms with E-state index < -0.39 is 0 Å². The number of benzene rings is 1. The molecule has 0 saturated heterocycles. The molecule has 0 unspecified atom stereocenters. The minimum absolute atomic E-state index is 0.0456. The third kappa shape index (κ3) is 3.42. The monoisotopic (exact) mass is 260 g/mol. The first-order chi connectivity index (χ1) is 8.79. The molecule has 3 N–H and O–H groups in total. The van der Waals surface area contributed by atoms with E-state index in [0.29, 0.717) is 19.5 Å². The highest BCUT2D eigenvalue weighted by molar-refractivity contribution is 7.10. The van der Waals surface area contributed by atoms with E-state index in [1.54, 1.807) is 11.3 Å². The maximum absolute atomic E-state index is 11.7. The molecule has 1 heterocycles. The zero-order valence-electron chi connectivity index (χ0n) is 10.1. The van der Waals surface area contributed by atoms with Gasteiger partial charge in [0.1, 0.15) is 0 Å². The molecular weight excluding hydrogens is 244 g/mol. The Hall–Kier alpha value is -1.65. The molecule has 4 heteroatoms. The van der Waals surface area contributed by atoms with Gasteiger partial charge in [-0.25, -0.2) is 0 Å². The predicted octanol–water partition coefficient (Wildman–Crippen LogP) is 2.07. The number of nitrogens with two attached hydrogens (primary N) is 1. The Balaban J connectivity index is 1.89. The van der Waals surface area contributed by atoms with Gasteiger partial charge in [-0.2, -0.15) is 0 Å². The normalized spacial score (nSPS) is 10.3. The van der Waals surface area contributed by atoms with Gasteiger partial charge in [-0.05, 0) is 22.6 Å². The minimum atomic E-state index is 0.0456. The molecule has 0 fully saturated rings. The molecule has 0 spiro atoms. The summed E-state index contributed by atoms with van der Waals surface area (Å²) in [6.07, 6.45) is 0.447. The fraction of sp³-hybridized carbons (Fsp3) is 0.214. The average molecular weight is 260 g/mol. The molecule has 3 nitrogen and oxygen atoms in total. The van der Waals surface area contributed by atoms with Crippen LogP contribution < -0.4 is 11.1 Å². The van der Waals surface area contributed by atoms with Crippen LogP contribution in [0.3, 0.4) is 0 Å². The summed E-state index contributed by atoms with van der Waals surface area (Å²) in [6, 6.07) is 11.8. The van der Waals surface area contributed by atoms with Crippen molar-refractivity contribution in [2.24, 2.45) is 5.73 Å². The largest absolute Gasteiger partial charge is 0.352 e. The summed E-state index contributed by atoms with van der Waals surface area (Å²) in [4.78, 5) is 12.8. The van der Waals surface area contributed by atoms with E-state index in [4.69, 9.17) is 5.73 Å². The molecule has 0 radical (unpaired) electrons. The van der Waals surface area contributed by atoms with Gasteiger partial charge in [0.2, 0.25) is 5.91 Å². The molecule has 0 aliphatic heterocycles. The van der Waals surface area contributed by atoms with E-state index in [2.05, 4.69) is 5.32 Å². The van der Waals surface area contributed by atoms with Crippen LogP contribution in [0, 0.1) is 0 Å². The molecule has 18 heavy (non-hydrogen) atoms. The second-order valence-electron chi connectivity index (χ2n) is 4.01. The second kappa shape index (κ2) is 6.33. The van der Waals surface area contributed by atoms with Crippen LogP contribution in [0.4, 0.5) is 0 Å². The summed E-state index contributed by atoms with van der Waals surface area (Å²) in [5.41, 5.74) is 7.82. The average Bonchev–Trinajstić information content (AvgIpc) is 2.89. The highest BCUT2D eigenvalue weighted by Crippen LogP contribution is 2.10. The van der Waals surface area contributed by atoms with Crippen molar-refractivity contribution in [3.63, 3.8) is 0 Å². The summed E-state index contributed by atoms with van der Waals surface area (Å²) in [5, 5.41) is 4.90. The van der Waals surface area contributed by atoms with Crippen molar-refractivity contribution >= 4 is 17.2 Å². The van der Waals surface area contributed by atoms with Crippen molar-refractivity contribution in [2.75, 3.05) is 0 Å². The number of thiophene rings is 1. The molecule has 2 rings (SSSR count). The number of amides is 1. The van der Waals surface area contributed by atoms with E-state index in [-0.39, 0.29) is 5.91 Å². The summed E-state index contributed by atoms with van der Waals surface area (Å²) in [5.74, 6) is 0.0456. The van der Waals surface area contributed by atoms with Crippen LogP contribution in [-0.4, -0.2) is 5.91 Å². The highest BCUT2D eigenvalue weighted by atomic mass is 32.1. The Bertz CT molecular complexity index is 508. The van der Waals surface area contributed by atoms with Crippen LogP contribution in [0.2, 0.25) is 0 Å². The number of carbonyl (C=O) groups is 1. The van der Waals surface area contributed by atoms with Crippen molar-refractivity contribution in [2.45, 2.75) is 19.5 Å². The van der Waals surface area contributed by atoms with E-state index in [1.165, 1.54) is 0 Å². The molecule has 0 saturated carbocycles. The molecular formula is C14H16N2OS. The molecule has 0 atom stereocenters. The third-order valence-electron chi connectivity index (χ3n) is 2.73. The zero-order chi connectivity index (χ0) is 12.8. The maximum atomic E-state index is 11.7. The lowest BCUT2D eigenvalue weighted by Crippen LogP contribution is -2.25.